The van der Waals surface area contributed by atoms with Crippen LogP contribution in [-0.4, -0.2) is 24.0 Å². The Balaban J connectivity index is 1.28. The molecule has 8 atom stereocenters. The maximum absolute atomic E-state index is 12.4. The molecule has 1 aromatic rings. The second-order valence-corrected chi connectivity index (χ2v) is 11.9. The highest BCUT2D eigenvalue weighted by Gasteiger charge is 2.58. The molecule has 5 rings (SSSR count). The van der Waals surface area contributed by atoms with Gasteiger partial charge in [-0.15, -0.1) is 0 Å². The van der Waals surface area contributed by atoms with Crippen LogP contribution in [0.2, 0.25) is 0 Å². The fourth-order valence-corrected chi connectivity index (χ4v) is 8.28. The molecule has 7 heteroatoms. The molecule has 1 heterocycles. The lowest BCUT2D eigenvalue weighted by Crippen LogP contribution is -2.52. The maximum atomic E-state index is 12.4. The van der Waals surface area contributed by atoms with E-state index in [0.29, 0.717) is 23.7 Å². The lowest BCUT2D eigenvalue weighted by molar-refractivity contribution is -0.160. The van der Waals surface area contributed by atoms with Crippen LogP contribution in [0.15, 0.2) is 39.3 Å². The van der Waals surface area contributed by atoms with Gasteiger partial charge in [0.25, 0.3) is 0 Å². The Bertz CT molecular complexity index is 1070. The van der Waals surface area contributed by atoms with Crippen molar-refractivity contribution in [1.29, 1.82) is 0 Å². The van der Waals surface area contributed by atoms with Gasteiger partial charge in [-0.1, -0.05) is 25.5 Å². The number of ether oxygens (including phenoxy) is 1. The number of allylic oxidation sites excluding steroid dienone is 2. The molecule has 0 radical (unpaired) electrons. The average Bonchev–Trinajstić information content (AvgIpc) is 3.16. The summed E-state index contributed by atoms with van der Waals surface area (Å²) in [7, 11) is 0. The van der Waals surface area contributed by atoms with Crippen LogP contribution in [0.5, 0.6) is 0 Å². The molecule has 1 aromatic heterocycles. The molecule has 35 heavy (non-hydrogen) atoms. The SMILES string of the molecule is CC12CCC3C(CCC4CC(OC(=O)C(N)CC(N)=O)CCC43C)C1=CCC2c1ccc(=O)oc1. The summed E-state index contributed by atoms with van der Waals surface area (Å²) in [4.78, 5) is 34.9. The summed E-state index contributed by atoms with van der Waals surface area (Å²) in [6.07, 6.45) is 12.3. The first kappa shape index (κ1) is 24.3. The summed E-state index contributed by atoms with van der Waals surface area (Å²) in [5.41, 5.74) is 13.8. The van der Waals surface area contributed by atoms with Crippen molar-refractivity contribution in [2.24, 2.45) is 40.1 Å². The monoisotopic (exact) mass is 482 g/mol. The number of amides is 1. The van der Waals surface area contributed by atoms with E-state index < -0.39 is 17.9 Å². The second-order valence-electron chi connectivity index (χ2n) is 11.9. The molecular formula is C28H38N2O5. The van der Waals surface area contributed by atoms with Crippen LogP contribution in [0.3, 0.4) is 0 Å². The van der Waals surface area contributed by atoms with Crippen molar-refractivity contribution in [2.45, 2.75) is 89.7 Å². The Morgan fingerprint density at radius 1 is 1.17 bits per heavy atom. The Morgan fingerprint density at radius 2 is 1.97 bits per heavy atom. The van der Waals surface area contributed by atoms with Gasteiger partial charge in [0.2, 0.25) is 5.91 Å². The van der Waals surface area contributed by atoms with Crippen LogP contribution >= 0.6 is 0 Å². The molecule has 7 nitrogen and oxygen atoms in total. The van der Waals surface area contributed by atoms with E-state index in [1.807, 2.05) is 6.07 Å². The van der Waals surface area contributed by atoms with Gasteiger partial charge in [-0.25, -0.2) is 4.79 Å². The van der Waals surface area contributed by atoms with E-state index in [4.69, 9.17) is 20.6 Å². The second kappa shape index (κ2) is 8.91. The number of fused-ring (bicyclic) bond motifs is 5. The summed E-state index contributed by atoms with van der Waals surface area (Å²) in [6.45, 7) is 4.88. The summed E-state index contributed by atoms with van der Waals surface area (Å²) in [5.74, 6) is 1.02. The van der Waals surface area contributed by atoms with Crippen molar-refractivity contribution < 1.29 is 18.7 Å². The molecule has 8 unspecified atom stereocenters. The number of esters is 1. The average molecular weight is 483 g/mol. The van der Waals surface area contributed by atoms with Crippen molar-refractivity contribution in [2.75, 3.05) is 0 Å². The molecule has 190 valence electrons. The summed E-state index contributed by atoms with van der Waals surface area (Å²) >= 11 is 0. The van der Waals surface area contributed by atoms with Crippen LogP contribution in [0.1, 0.15) is 83.1 Å². The molecule has 4 N–H and O–H groups in total. The van der Waals surface area contributed by atoms with Crippen LogP contribution in [-0.2, 0) is 14.3 Å². The summed E-state index contributed by atoms with van der Waals surface area (Å²) in [6, 6.07) is 2.51. The van der Waals surface area contributed by atoms with Gasteiger partial charge < -0.3 is 20.6 Å². The predicted octanol–water partition coefficient (Wildman–Crippen LogP) is 3.80. The molecule has 4 aliphatic carbocycles. The van der Waals surface area contributed by atoms with Crippen molar-refractivity contribution in [3.05, 3.63) is 46.0 Å². The third kappa shape index (κ3) is 4.15. The Labute approximate surface area is 206 Å². The van der Waals surface area contributed by atoms with E-state index in [1.165, 1.54) is 12.8 Å². The number of hydrogen-bond donors (Lipinski definition) is 2. The Morgan fingerprint density at radius 3 is 2.69 bits per heavy atom. The molecule has 0 spiro atoms. The zero-order valence-electron chi connectivity index (χ0n) is 20.8. The Hall–Kier alpha value is -2.41. The number of rotatable bonds is 5. The molecule has 3 fully saturated rings. The van der Waals surface area contributed by atoms with Gasteiger partial charge in [0, 0.05) is 6.07 Å². The van der Waals surface area contributed by atoms with E-state index in [-0.39, 0.29) is 29.0 Å². The first-order valence-electron chi connectivity index (χ1n) is 13.2. The fraction of sp³-hybridized carbons (Fsp3) is 0.679. The molecule has 1 amide bonds. The quantitative estimate of drug-likeness (QED) is 0.486. The highest BCUT2D eigenvalue weighted by Crippen LogP contribution is 2.67. The zero-order valence-corrected chi connectivity index (χ0v) is 20.8. The normalized spacial score (nSPS) is 38.9. The lowest BCUT2D eigenvalue weighted by Gasteiger charge is -2.59. The minimum Gasteiger partial charge on any atom is -0.461 e. The van der Waals surface area contributed by atoms with Gasteiger partial charge in [-0.05, 0) is 97.5 Å². The first-order valence-corrected chi connectivity index (χ1v) is 13.2. The van der Waals surface area contributed by atoms with Crippen LogP contribution in [0.25, 0.3) is 0 Å². The van der Waals surface area contributed by atoms with E-state index in [9.17, 15) is 14.4 Å². The highest BCUT2D eigenvalue weighted by atomic mass is 16.5. The van der Waals surface area contributed by atoms with Gasteiger partial charge in [0.1, 0.15) is 12.1 Å². The third-order valence-electron chi connectivity index (χ3n) is 10.2. The summed E-state index contributed by atoms with van der Waals surface area (Å²) < 4.78 is 10.9. The molecule has 0 aromatic carbocycles. The van der Waals surface area contributed by atoms with Gasteiger partial charge in [0.05, 0.1) is 12.7 Å². The molecule has 4 aliphatic rings. The molecular weight excluding hydrogens is 444 g/mol. The molecule has 0 bridgehead atoms. The van der Waals surface area contributed by atoms with Crippen molar-refractivity contribution in [3.63, 3.8) is 0 Å². The minimum atomic E-state index is -0.979. The maximum Gasteiger partial charge on any atom is 0.335 e. The van der Waals surface area contributed by atoms with E-state index in [1.54, 1.807) is 17.9 Å². The number of carbonyl (C=O) groups excluding carboxylic acids is 2. The van der Waals surface area contributed by atoms with Crippen molar-refractivity contribution >= 4 is 11.9 Å². The number of primary amides is 1. The number of carbonyl (C=O) groups is 2. The molecule has 3 saturated carbocycles. The van der Waals surface area contributed by atoms with Gasteiger partial charge in [0.15, 0.2) is 0 Å². The number of hydrogen-bond acceptors (Lipinski definition) is 6. The minimum absolute atomic E-state index is 0.119. The fourth-order valence-electron chi connectivity index (χ4n) is 8.28. The van der Waals surface area contributed by atoms with Crippen molar-refractivity contribution in [1.82, 2.24) is 0 Å². The van der Waals surface area contributed by atoms with E-state index in [2.05, 4.69) is 19.9 Å². The Kier molecular flexibility index (Phi) is 6.19. The van der Waals surface area contributed by atoms with Gasteiger partial charge in [-0.3, -0.25) is 9.59 Å². The van der Waals surface area contributed by atoms with E-state index >= 15 is 0 Å². The largest absolute Gasteiger partial charge is 0.461 e. The molecule has 0 saturated heterocycles. The smallest absolute Gasteiger partial charge is 0.335 e. The first-order chi connectivity index (χ1) is 16.6. The van der Waals surface area contributed by atoms with Crippen LogP contribution in [0.4, 0.5) is 0 Å². The third-order valence-corrected chi connectivity index (χ3v) is 10.2. The van der Waals surface area contributed by atoms with Gasteiger partial charge in [-0.2, -0.15) is 0 Å². The zero-order chi connectivity index (χ0) is 25.0. The standard InChI is InChI=1S/C28H38N2O5/c1-27-11-9-18(35-26(33)23(29)14-24(30)31)13-17(27)4-5-19-21-7-6-20(16-3-8-25(32)34-15-16)28(21,2)12-10-22(19)27/h3,7-8,15,17-20,22-23H,4-6,9-14,29H2,1-2H3,(H2,30,31). The van der Waals surface area contributed by atoms with Crippen LogP contribution in [0, 0.1) is 28.6 Å². The van der Waals surface area contributed by atoms with E-state index in [0.717, 1.165) is 44.1 Å². The van der Waals surface area contributed by atoms with Crippen molar-refractivity contribution in [3.8, 4) is 0 Å². The van der Waals surface area contributed by atoms with Crippen LogP contribution < -0.4 is 17.1 Å². The predicted molar refractivity (Wildman–Crippen MR) is 131 cm³/mol. The molecule has 0 aliphatic heterocycles. The van der Waals surface area contributed by atoms with Gasteiger partial charge >= 0.3 is 11.6 Å². The highest BCUT2D eigenvalue weighted by molar-refractivity contribution is 5.84. The lowest BCUT2D eigenvalue weighted by atomic mass is 9.46. The number of nitrogens with two attached hydrogens (primary N) is 2. The topological polar surface area (TPSA) is 126 Å². The summed E-state index contributed by atoms with van der Waals surface area (Å²) in [5, 5.41) is 0.